The molecule has 5 nitrogen and oxygen atoms in total. The highest BCUT2D eigenvalue weighted by atomic mass is 32.2. The summed E-state index contributed by atoms with van der Waals surface area (Å²) >= 11 is 1.65. The second kappa shape index (κ2) is 9.67. The Balaban J connectivity index is 1.53. The van der Waals surface area contributed by atoms with Crippen molar-refractivity contribution in [2.24, 2.45) is 0 Å². The van der Waals surface area contributed by atoms with Crippen molar-refractivity contribution in [3.8, 4) is 0 Å². The molecular formula is C24H29N3O2S. The van der Waals surface area contributed by atoms with E-state index in [0.29, 0.717) is 6.54 Å². The molecule has 0 bridgehead atoms. The van der Waals surface area contributed by atoms with Gasteiger partial charge >= 0.3 is 0 Å². The van der Waals surface area contributed by atoms with Crippen LogP contribution in [0.4, 0.5) is 5.69 Å². The molecule has 2 aromatic rings. The summed E-state index contributed by atoms with van der Waals surface area (Å²) in [5.74, 6) is 0.0584. The molecule has 0 aliphatic carbocycles. The van der Waals surface area contributed by atoms with Gasteiger partial charge in [0.25, 0.3) is 0 Å². The summed E-state index contributed by atoms with van der Waals surface area (Å²) in [4.78, 5) is 31.5. The summed E-state index contributed by atoms with van der Waals surface area (Å²) in [5, 5.41) is 3.01. The minimum atomic E-state index is -0.378. The first kappa shape index (κ1) is 20.9. The number of benzene rings is 2. The maximum absolute atomic E-state index is 13.5. The van der Waals surface area contributed by atoms with E-state index in [1.807, 2.05) is 58.5 Å². The Labute approximate surface area is 182 Å². The van der Waals surface area contributed by atoms with Crippen molar-refractivity contribution in [1.82, 2.24) is 9.80 Å². The van der Waals surface area contributed by atoms with Crippen molar-refractivity contribution in [3.05, 3.63) is 59.7 Å². The van der Waals surface area contributed by atoms with Crippen molar-refractivity contribution in [2.45, 2.75) is 36.6 Å². The number of amides is 2. The lowest BCUT2D eigenvalue weighted by molar-refractivity contribution is -0.139. The molecule has 1 saturated heterocycles. The monoisotopic (exact) mass is 423 g/mol. The summed E-state index contributed by atoms with van der Waals surface area (Å²) in [6, 6.07) is 15.6. The average Bonchev–Trinajstić information content (AvgIpc) is 2.79. The number of fused-ring (bicyclic) bond motifs is 1. The van der Waals surface area contributed by atoms with Crippen LogP contribution in [0.15, 0.2) is 53.4 Å². The number of nitrogens with one attached hydrogen (secondary N) is 1. The molecule has 30 heavy (non-hydrogen) atoms. The molecule has 0 unspecified atom stereocenters. The lowest BCUT2D eigenvalue weighted by Gasteiger charge is -2.39. The highest BCUT2D eigenvalue weighted by molar-refractivity contribution is 7.98. The van der Waals surface area contributed by atoms with Gasteiger partial charge in [0.05, 0.1) is 6.54 Å². The molecule has 2 aliphatic heterocycles. The van der Waals surface area contributed by atoms with E-state index < -0.39 is 0 Å². The fourth-order valence-corrected chi connectivity index (χ4v) is 4.91. The molecule has 2 aromatic carbocycles. The van der Waals surface area contributed by atoms with Crippen LogP contribution in [0.2, 0.25) is 0 Å². The van der Waals surface area contributed by atoms with Gasteiger partial charge in [-0.25, -0.2) is 0 Å². The number of carbonyl (C=O) groups excluding carboxylic acids is 2. The van der Waals surface area contributed by atoms with Crippen molar-refractivity contribution in [3.63, 3.8) is 0 Å². The second-order valence-corrected chi connectivity index (χ2v) is 8.87. The first-order valence-electron chi connectivity index (χ1n) is 10.7. The van der Waals surface area contributed by atoms with Gasteiger partial charge in [-0.1, -0.05) is 30.3 Å². The highest BCUT2D eigenvalue weighted by Gasteiger charge is 2.36. The molecular weight excluding hydrogens is 394 g/mol. The molecule has 1 atom stereocenters. The van der Waals surface area contributed by atoms with Crippen LogP contribution < -0.4 is 5.32 Å². The molecule has 0 radical (unpaired) electrons. The summed E-state index contributed by atoms with van der Waals surface area (Å²) in [6.45, 7) is 2.56. The van der Waals surface area contributed by atoms with Crippen LogP contribution in [0.1, 0.15) is 36.4 Å². The molecule has 0 spiro atoms. The molecule has 1 N–H and O–H groups in total. The second-order valence-electron chi connectivity index (χ2n) is 7.99. The van der Waals surface area contributed by atoms with Crippen molar-refractivity contribution >= 4 is 29.3 Å². The zero-order chi connectivity index (χ0) is 20.9. The predicted molar refractivity (Wildman–Crippen MR) is 122 cm³/mol. The maximum Gasteiger partial charge on any atom is 0.244 e. The van der Waals surface area contributed by atoms with Gasteiger partial charge in [0.1, 0.15) is 6.04 Å². The van der Waals surface area contributed by atoms with Crippen LogP contribution >= 0.6 is 11.8 Å². The van der Waals surface area contributed by atoms with Gasteiger partial charge in [0, 0.05) is 30.2 Å². The average molecular weight is 424 g/mol. The van der Waals surface area contributed by atoms with Crippen LogP contribution in [-0.4, -0.2) is 54.0 Å². The van der Waals surface area contributed by atoms with E-state index in [2.05, 4.69) is 11.4 Å². The SMILES string of the molecule is CSc1cccc(NC(=O)CN2CCc3ccccc3[C@@H]2C(=O)N2CCCCC2)c1. The number of piperidine rings is 1. The van der Waals surface area contributed by atoms with E-state index >= 15 is 0 Å². The van der Waals surface area contributed by atoms with E-state index in [9.17, 15) is 9.59 Å². The van der Waals surface area contributed by atoms with Gasteiger partial charge in [0.15, 0.2) is 0 Å². The van der Waals surface area contributed by atoms with Crippen molar-refractivity contribution in [2.75, 3.05) is 37.8 Å². The quantitative estimate of drug-likeness (QED) is 0.740. The summed E-state index contributed by atoms with van der Waals surface area (Å²) < 4.78 is 0. The van der Waals surface area contributed by atoms with Crippen molar-refractivity contribution < 1.29 is 9.59 Å². The lowest BCUT2D eigenvalue weighted by Crippen LogP contribution is -2.49. The topological polar surface area (TPSA) is 52.7 Å². The third kappa shape index (κ3) is 4.71. The fraction of sp³-hybridized carbons (Fsp3) is 0.417. The smallest absolute Gasteiger partial charge is 0.244 e. The standard InChI is InChI=1S/C24H29N3O2S/c1-30-20-10-7-9-19(16-20)25-22(28)17-27-15-12-18-8-3-4-11-21(18)23(27)24(29)26-13-5-2-6-14-26/h3-4,7-11,16,23H,2,5-6,12-15,17H2,1H3,(H,25,28)/t23-/m1/s1. The fourth-order valence-electron chi connectivity index (χ4n) is 4.45. The number of carbonyl (C=O) groups is 2. The minimum absolute atomic E-state index is 0.0796. The third-order valence-electron chi connectivity index (χ3n) is 5.99. The third-order valence-corrected chi connectivity index (χ3v) is 6.71. The van der Waals surface area contributed by atoms with E-state index in [4.69, 9.17) is 0 Å². The Kier molecular flexibility index (Phi) is 6.75. The molecule has 158 valence electrons. The zero-order valence-corrected chi connectivity index (χ0v) is 18.3. The molecule has 2 aliphatic rings. The number of anilines is 1. The number of rotatable bonds is 5. The molecule has 4 rings (SSSR count). The number of thioether (sulfide) groups is 1. The summed E-state index contributed by atoms with van der Waals surface area (Å²) in [6.07, 6.45) is 6.18. The molecule has 0 aromatic heterocycles. The van der Waals surface area contributed by atoms with Crippen LogP contribution in [0.3, 0.4) is 0 Å². The Morgan fingerprint density at radius 2 is 1.83 bits per heavy atom. The van der Waals surface area contributed by atoms with E-state index in [1.165, 1.54) is 12.0 Å². The number of nitrogens with zero attached hydrogens (tertiary/aromatic N) is 2. The van der Waals surface area contributed by atoms with Crippen LogP contribution in [0.5, 0.6) is 0 Å². The molecule has 1 fully saturated rings. The minimum Gasteiger partial charge on any atom is -0.341 e. The summed E-state index contributed by atoms with van der Waals surface area (Å²) in [5.41, 5.74) is 3.07. The van der Waals surface area contributed by atoms with E-state index in [0.717, 1.165) is 48.5 Å². The maximum atomic E-state index is 13.5. The highest BCUT2D eigenvalue weighted by Crippen LogP contribution is 2.32. The van der Waals surface area contributed by atoms with Crippen LogP contribution in [0, 0.1) is 0 Å². The number of hydrogen-bond acceptors (Lipinski definition) is 4. The largest absolute Gasteiger partial charge is 0.341 e. The van der Waals surface area contributed by atoms with Gasteiger partial charge in [-0.15, -0.1) is 11.8 Å². The first-order valence-corrected chi connectivity index (χ1v) is 11.9. The predicted octanol–water partition coefficient (Wildman–Crippen LogP) is 3.96. The van der Waals surface area contributed by atoms with Gasteiger partial charge in [0.2, 0.25) is 11.8 Å². The van der Waals surface area contributed by atoms with E-state index in [-0.39, 0.29) is 24.4 Å². The van der Waals surface area contributed by atoms with Gasteiger partial charge in [-0.2, -0.15) is 0 Å². The Morgan fingerprint density at radius 3 is 2.63 bits per heavy atom. The number of hydrogen-bond donors (Lipinski definition) is 1. The Hall–Kier alpha value is -2.31. The molecule has 2 heterocycles. The molecule has 6 heteroatoms. The molecule has 2 amide bonds. The van der Waals surface area contributed by atoms with Crippen molar-refractivity contribution in [1.29, 1.82) is 0 Å². The van der Waals surface area contributed by atoms with Crippen LogP contribution in [0.25, 0.3) is 0 Å². The Morgan fingerprint density at radius 1 is 1.03 bits per heavy atom. The first-order chi connectivity index (χ1) is 14.7. The van der Waals surface area contributed by atoms with Crippen LogP contribution in [-0.2, 0) is 16.0 Å². The van der Waals surface area contributed by atoms with Gasteiger partial charge < -0.3 is 10.2 Å². The number of likely N-dealkylation sites (tertiary alicyclic amines) is 1. The zero-order valence-electron chi connectivity index (χ0n) is 17.5. The summed E-state index contributed by atoms with van der Waals surface area (Å²) in [7, 11) is 0. The Bertz CT molecular complexity index is 911. The normalized spacial score (nSPS) is 19.2. The lowest BCUT2D eigenvalue weighted by atomic mass is 9.91. The molecule has 0 saturated carbocycles. The van der Waals surface area contributed by atoms with Gasteiger partial charge in [-0.3, -0.25) is 14.5 Å². The van der Waals surface area contributed by atoms with E-state index in [1.54, 1.807) is 11.8 Å². The van der Waals surface area contributed by atoms with Gasteiger partial charge in [-0.05, 0) is 61.3 Å².